The maximum absolute atomic E-state index is 13.3. The number of hydrogen-bond acceptors (Lipinski definition) is 5. The van der Waals surface area contributed by atoms with Crippen molar-refractivity contribution in [2.45, 2.75) is 32.3 Å². The van der Waals surface area contributed by atoms with Gasteiger partial charge in [-0.1, -0.05) is 0 Å². The Bertz CT molecular complexity index is 886. The lowest BCUT2D eigenvalue weighted by atomic mass is 9.90. The standard InChI is InChI=1S/C19H17FN4O/c20-14-5-6-23-15(7-14)11-25-19-8-17(13-9-21-12-22-10-13)16-3-1-2-4-18(16)24-19/h5-10,12H,1-4,11H2. The molecule has 0 fully saturated rings. The Balaban J connectivity index is 1.66. The van der Waals surface area contributed by atoms with E-state index in [0.29, 0.717) is 11.6 Å². The van der Waals surface area contributed by atoms with Gasteiger partial charge < -0.3 is 4.74 Å². The van der Waals surface area contributed by atoms with E-state index in [0.717, 1.165) is 42.5 Å². The van der Waals surface area contributed by atoms with Crippen LogP contribution in [0.3, 0.4) is 0 Å². The Hall–Kier alpha value is -2.89. The first-order valence-corrected chi connectivity index (χ1v) is 8.31. The number of hydrogen-bond donors (Lipinski definition) is 0. The topological polar surface area (TPSA) is 60.8 Å². The monoisotopic (exact) mass is 336 g/mol. The average molecular weight is 336 g/mol. The van der Waals surface area contributed by atoms with Gasteiger partial charge in [-0.15, -0.1) is 0 Å². The van der Waals surface area contributed by atoms with E-state index >= 15 is 0 Å². The van der Waals surface area contributed by atoms with Gasteiger partial charge in [0.2, 0.25) is 5.88 Å². The van der Waals surface area contributed by atoms with E-state index in [1.165, 1.54) is 30.2 Å². The van der Waals surface area contributed by atoms with Gasteiger partial charge in [-0.05, 0) is 48.9 Å². The highest BCUT2D eigenvalue weighted by molar-refractivity contribution is 5.68. The Morgan fingerprint density at radius 3 is 2.76 bits per heavy atom. The molecule has 0 aromatic carbocycles. The van der Waals surface area contributed by atoms with Gasteiger partial charge in [0.05, 0.1) is 5.69 Å². The van der Waals surface area contributed by atoms with Crippen molar-refractivity contribution in [3.05, 3.63) is 65.9 Å². The molecule has 6 heteroatoms. The third-order valence-electron chi connectivity index (χ3n) is 4.29. The van der Waals surface area contributed by atoms with Crippen LogP contribution in [0.1, 0.15) is 29.8 Å². The summed E-state index contributed by atoms with van der Waals surface area (Å²) in [4.78, 5) is 17.0. The Kier molecular flexibility index (Phi) is 4.33. The summed E-state index contributed by atoms with van der Waals surface area (Å²) in [6.07, 6.45) is 10.8. The molecule has 0 spiro atoms. The van der Waals surface area contributed by atoms with Crippen LogP contribution in [0.2, 0.25) is 0 Å². The van der Waals surface area contributed by atoms with Crippen molar-refractivity contribution < 1.29 is 9.13 Å². The largest absolute Gasteiger partial charge is 0.471 e. The number of fused-ring (bicyclic) bond motifs is 1. The van der Waals surface area contributed by atoms with Gasteiger partial charge in [0, 0.05) is 35.9 Å². The summed E-state index contributed by atoms with van der Waals surface area (Å²) >= 11 is 0. The van der Waals surface area contributed by atoms with Gasteiger partial charge in [-0.25, -0.2) is 19.3 Å². The molecule has 0 atom stereocenters. The molecule has 3 heterocycles. The summed E-state index contributed by atoms with van der Waals surface area (Å²) in [6.45, 7) is 0.175. The van der Waals surface area contributed by atoms with E-state index in [1.807, 2.05) is 6.07 Å². The van der Waals surface area contributed by atoms with Crippen molar-refractivity contribution in [2.24, 2.45) is 0 Å². The zero-order valence-electron chi connectivity index (χ0n) is 13.7. The molecule has 1 aliphatic carbocycles. The molecule has 0 saturated heterocycles. The van der Waals surface area contributed by atoms with Crippen LogP contribution in [-0.4, -0.2) is 19.9 Å². The summed E-state index contributed by atoms with van der Waals surface area (Å²) in [6, 6.07) is 4.60. The molecule has 0 bridgehead atoms. The molecule has 126 valence electrons. The molecule has 25 heavy (non-hydrogen) atoms. The van der Waals surface area contributed by atoms with Gasteiger partial charge in [0.15, 0.2) is 0 Å². The zero-order valence-corrected chi connectivity index (χ0v) is 13.7. The van der Waals surface area contributed by atoms with Crippen LogP contribution in [-0.2, 0) is 19.4 Å². The summed E-state index contributed by atoms with van der Waals surface area (Å²) in [5.41, 5.74) is 4.86. The maximum Gasteiger partial charge on any atom is 0.214 e. The molecule has 5 nitrogen and oxygen atoms in total. The van der Waals surface area contributed by atoms with Crippen LogP contribution >= 0.6 is 0 Å². The van der Waals surface area contributed by atoms with Gasteiger partial charge in [0.1, 0.15) is 18.8 Å². The fraction of sp³-hybridized carbons (Fsp3) is 0.263. The van der Waals surface area contributed by atoms with Crippen molar-refractivity contribution in [2.75, 3.05) is 0 Å². The Morgan fingerprint density at radius 2 is 1.92 bits per heavy atom. The molecule has 3 aromatic heterocycles. The van der Waals surface area contributed by atoms with E-state index in [-0.39, 0.29) is 12.4 Å². The highest BCUT2D eigenvalue weighted by atomic mass is 19.1. The highest BCUT2D eigenvalue weighted by Crippen LogP contribution is 2.33. The van der Waals surface area contributed by atoms with Crippen molar-refractivity contribution >= 4 is 0 Å². The molecule has 0 saturated carbocycles. The lowest BCUT2D eigenvalue weighted by Crippen LogP contribution is -2.09. The van der Waals surface area contributed by atoms with E-state index in [2.05, 4.69) is 19.9 Å². The van der Waals surface area contributed by atoms with Crippen LogP contribution in [0, 0.1) is 5.82 Å². The molecule has 4 rings (SSSR count). The second-order valence-electron chi connectivity index (χ2n) is 6.02. The van der Waals surface area contributed by atoms with Crippen LogP contribution in [0.4, 0.5) is 4.39 Å². The van der Waals surface area contributed by atoms with Crippen LogP contribution in [0.5, 0.6) is 5.88 Å². The fourth-order valence-corrected chi connectivity index (χ4v) is 3.12. The number of halogens is 1. The molecule has 0 radical (unpaired) electrons. The SMILES string of the molecule is Fc1ccnc(COc2cc(-c3cncnc3)c3c(n2)CCCC3)c1. The van der Waals surface area contributed by atoms with E-state index in [1.54, 1.807) is 12.4 Å². The first-order valence-electron chi connectivity index (χ1n) is 8.31. The first-order chi connectivity index (χ1) is 12.3. The predicted octanol–water partition coefficient (Wildman–Crippen LogP) is 3.53. The Labute approximate surface area is 145 Å². The number of aryl methyl sites for hydroxylation is 1. The molecule has 1 aliphatic rings. The number of nitrogens with zero attached hydrogens (tertiary/aromatic N) is 4. The minimum absolute atomic E-state index is 0.175. The van der Waals surface area contributed by atoms with Crippen LogP contribution in [0.25, 0.3) is 11.1 Å². The minimum atomic E-state index is -0.325. The van der Waals surface area contributed by atoms with Crippen LogP contribution < -0.4 is 4.74 Å². The molecular weight excluding hydrogens is 319 g/mol. The first kappa shape index (κ1) is 15.6. The lowest BCUT2D eigenvalue weighted by molar-refractivity contribution is 0.287. The van der Waals surface area contributed by atoms with Crippen LogP contribution in [0.15, 0.2) is 43.1 Å². The summed E-state index contributed by atoms with van der Waals surface area (Å²) in [7, 11) is 0. The number of ether oxygens (including phenoxy) is 1. The molecule has 0 amide bonds. The second kappa shape index (κ2) is 6.93. The van der Waals surface area contributed by atoms with E-state index < -0.39 is 0 Å². The van der Waals surface area contributed by atoms with Crippen molar-refractivity contribution in [1.29, 1.82) is 0 Å². The van der Waals surface area contributed by atoms with Gasteiger partial charge >= 0.3 is 0 Å². The number of pyridine rings is 2. The lowest BCUT2D eigenvalue weighted by Gasteiger charge is -2.20. The smallest absolute Gasteiger partial charge is 0.214 e. The molecule has 0 aliphatic heterocycles. The van der Waals surface area contributed by atoms with Gasteiger partial charge in [0.25, 0.3) is 0 Å². The second-order valence-corrected chi connectivity index (χ2v) is 6.02. The maximum atomic E-state index is 13.3. The average Bonchev–Trinajstić information content (AvgIpc) is 2.66. The molecule has 0 N–H and O–H groups in total. The molecule has 0 unspecified atom stereocenters. The quantitative estimate of drug-likeness (QED) is 0.729. The molecular formula is C19H17FN4O. The fourth-order valence-electron chi connectivity index (χ4n) is 3.12. The summed E-state index contributed by atoms with van der Waals surface area (Å²) in [5, 5.41) is 0. The minimum Gasteiger partial charge on any atom is -0.471 e. The summed E-state index contributed by atoms with van der Waals surface area (Å²) in [5.74, 6) is 0.194. The van der Waals surface area contributed by atoms with E-state index in [4.69, 9.17) is 4.74 Å². The summed E-state index contributed by atoms with van der Waals surface area (Å²) < 4.78 is 19.1. The third kappa shape index (κ3) is 3.47. The van der Waals surface area contributed by atoms with Crippen molar-refractivity contribution in [1.82, 2.24) is 19.9 Å². The van der Waals surface area contributed by atoms with Gasteiger partial charge in [-0.3, -0.25) is 4.98 Å². The Morgan fingerprint density at radius 1 is 1.08 bits per heavy atom. The highest BCUT2D eigenvalue weighted by Gasteiger charge is 2.18. The number of rotatable bonds is 4. The predicted molar refractivity (Wildman–Crippen MR) is 90.4 cm³/mol. The van der Waals surface area contributed by atoms with Gasteiger partial charge in [-0.2, -0.15) is 0 Å². The van der Waals surface area contributed by atoms with Crippen molar-refractivity contribution in [3.63, 3.8) is 0 Å². The van der Waals surface area contributed by atoms with Crippen molar-refractivity contribution in [3.8, 4) is 17.0 Å². The zero-order chi connectivity index (χ0) is 17.1. The van der Waals surface area contributed by atoms with E-state index in [9.17, 15) is 4.39 Å². The molecule has 3 aromatic rings. The number of aromatic nitrogens is 4. The normalized spacial score (nSPS) is 13.3. The third-order valence-corrected chi connectivity index (χ3v) is 4.29.